The first kappa shape index (κ1) is 26.5. The highest BCUT2D eigenvalue weighted by atomic mass is 16.4. The number of hydrogen-bond donors (Lipinski definition) is 0. The van der Waals surface area contributed by atoms with Gasteiger partial charge < -0.3 is 8.83 Å². The molecule has 0 bridgehead atoms. The van der Waals surface area contributed by atoms with Crippen molar-refractivity contribution in [3.8, 4) is 45.6 Å². The average Bonchev–Trinajstić information content (AvgIpc) is 3.75. The van der Waals surface area contributed by atoms with Crippen molar-refractivity contribution in [2.45, 2.75) is 0 Å². The molecule has 3 heterocycles. The third kappa shape index (κ3) is 4.27. The van der Waals surface area contributed by atoms with Gasteiger partial charge in [-0.2, -0.15) is 0 Å². The Bertz CT molecular complexity index is 2840. The first-order valence-corrected chi connectivity index (χ1v) is 15.8. The Morgan fingerprint density at radius 2 is 1.04 bits per heavy atom. The van der Waals surface area contributed by atoms with Crippen molar-refractivity contribution in [2.24, 2.45) is 0 Å². The normalized spacial score (nSPS) is 11.8. The summed E-state index contributed by atoms with van der Waals surface area (Å²) in [4.78, 5) is 19.8. The Morgan fingerprint density at radius 1 is 0.375 bits per heavy atom. The van der Waals surface area contributed by atoms with E-state index in [0.29, 0.717) is 34.5 Å². The molecule has 6 nitrogen and oxygen atoms in total. The molecule has 0 N–H and O–H groups in total. The molecular weight excluding hydrogens is 592 g/mol. The molecule has 48 heavy (non-hydrogen) atoms. The number of hydrogen-bond acceptors (Lipinski definition) is 6. The van der Waals surface area contributed by atoms with Crippen molar-refractivity contribution in [2.75, 3.05) is 0 Å². The van der Waals surface area contributed by atoms with E-state index in [1.54, 1.807) is 0 Å². The maximum atomic E-state index is 6.58. The predicted octanol–water partition coefficient (Wildman–Crippen LogP) is 10.9. The first-order valence-electron chi connectivity index (χ1n) is 15.8. The monoisotopic (exact) mass is 616 g/mol. The molecule has 0 atom stereocenters. The number of aromatic nitrogens is 4. The number of benzene rings is 7. The molecule has 6 heteroatoms. The Kier molecular flexibility index (Phi) is 5.77. The summed E-state index contributed by atoms with van der Waals surface area (Å²) in [6, 6.07) is 49.1. The SMILES string of the molecule is c1ccc(-c2nc(-c3ccc4ccc5ccccc5c4c3)nc(-c3cccc4c3oc3cc5nc(-c6ccccc6)oc5cc34)n2)cc1. The summed E-state index contributed by atoms with van der Waals surface area (Å²) in [5, 5.41) is 6.59. The number of fused-ring (bicyclic) bond motifs is 7. The van der Waals surface area contributed by atoms with Crippen LogP contribution < -0.4 is 0 Å². The lowest BCUT2D eigenvalue weighted by Crippen LogP contribution is -2.00. The van der Waals surface area contributed by atoms with Crippen LogP contribution in [0.15, 0.2) is 154 Å². The van der Waals surface area contributed by atoms with Crippen molar-refractivity contribution in [3.63, 3.8) is 0 Å². The van der Waals surface area contributed by atoms with Crippen LogP contribution in [0.1, 0.15) is 0 Å². The van der Waals surface area contributed by atoms with Crippen LogP contribution in [0, 0.1) is 0 Å². The number of furan rings is 1. The fourth-order valence-corrected chi connectivity index (χ4v) is 6.58. The second kappa shape index (κ2) is 10.4. The Morgan fingerprint density at radius 3 is 1.88 bits per heavy atom. The molecule has 0 fully saturated rings. The molecule has 0 radical (unpaired) electrons. The summed E-state index contributed by atoms with van der Waals surface area (Å²) >= 11 is 0. The summed E-state index contributed by atoms with van der Waals surface area (Å²) in [7, 11) is 0. The molecule has 0 saturated carbocycles. The molecule has 3 aromatic heterocycles. The van der Waals surface area contributed by atoms with Crippen LogP contribution in [0.4, 0.5) is 0 Å². The minimum absolute atomic E-state index is 0.537. The minimum atomic E-state index is 0.537. The van der Waals surface area contributed by atoms with E-state index in [4.69, 9.17) is 28.8 Å². The largest absolute Gasteiger partial charge is 0.455 e. The van der Waals surface area contributed by atoms with Crippen LogP contribution in [0.3, 0.4) is 0 Å². The zero-order chi connectivity index (χ0) is 31.6. The van der Waals surface area contributed by atoms with Crippen molar-refractivity contribution in [1.29, 1.82) is 0 Å². The third-order valence-corrected chi connectivity index (χ3v) is 8.94. The maximum absolute atomic E-state index is 6.58. The highest BCUT2D eigenvalue weighted by molar-refractivity contribution is 6.12. The Balaban J connectivity index is 1.17. The Hall–Kier alpha value is -6.66. The molecular formula is C42H24N4O2. The van der Waals surface area contributed by atoms with Gasteiger partial charge in [-0.1, -0.05) is 109 Å². The number of rotatable bonds is 4. The third-order valence-electron chi connectivity index (χ3n) is 8.94. The topological polar surface area (TPSA) is 77.8 Å². The van der Waals surface area contributed by atoms with Crippen LogP contribution in [-0.4, -0.2) is 19.9 Å². The van der Waals surface area contributed by atoms with Gasteiger partial charge in [-0.05, 0) is 51.9 Å². The second-order valence-electron chi connectivity index (χ2n) is 11.9. The van der Waals surface area contributed by atoms with Crippen LogP contribution in [0.2, 0.25) is 0 Å². The molecule has 7 aromatic carbocycles. The van der Waals surface area contributed by atoms with Gasteiger partial charge in [0.25, 0.3) is 0 Å². The van der Waals surface area contributed by atoms with E-state index in [2.05, 4.69) is 60.7 Å². The Labute approximate surface area is 274 Å². The van der Waals surface area contributed by atoms with E-state index in [1.807, 2.05) is 84.9 Å². The smallest absolute Gasteiger partial charge is 0.227 e. The average molecular weight is 617 g/mol. The summed E-state index contributed by atoms with van der Waals surface area (Å²) in [5.74, 6) is 2.31. The van der Waals surface area contributed by atoms with Crippen LogP contribution >= 0.6 is 0 Å². The molecule has 0 spiro atoms. The van der Waals surface area contributed by atoms with Gasteiger partial charge in [-0.15, -0.1) is 0 Å². The molecule has 0 saturated heterocycles. The molecule has 0 unspecified atom stereocenters. The van der Waals surface area contributed by atoms with Crippen LogP contribution in [-0.2, 0) is 0 Å². The fourth-order valence-electron chi connectivity index (χ4n) is 6.58. The van der Waals surface area contributed by atoms with Crippen molar-refractivity contribution in [1.82, 2.24) is 19.9 Å². The van der Waals surface area contributed by atoms with E-state index in [9.17, 15) is 0 Å². The van der Waals surface area contributed by atoms with E-state index in [0.717, 1.165) is 54.9 Å². The lowest BCUT2D eigenvalue weighted by molar-refractivity contribution is 0.620. The van der Waals surface area contributed by atoms with E-state index >= 15 is 0 Å². The molecule has 10 rings (SSSR count). The van der Waals surface area contributed by atoms with Crippen molar-refractivity contribution >= 4 is 54.6 Å². The highest BCUT2D eigenvalue weighted by Gasteiger charge is 2.19. The van der Waals surface area contributed by atoms with Gasteiger partial charge in [0.2, 0.25) is 5.89 Å². The zero-order valence-corrected chi connectivity index (χ0v) is 25.5. The summed E-state index contributed by atoms with van der Waals surface area (Å²) in [6.07, 6.45) is 0. The van der Waals surface area contributed by atoms with Crippen LogP contribution in [0.5, 0.6) is 0 Å². The van der Waals surface area contributed by atoms with Gasteiger partial charge in [-0.25, -0.2) is 19.9 Å². The maximum Gasteiger partial charge on any atom is 0.227 e. The second-order valence-corrected chi connectivity index (χ2v) is 11.9. The lowest BCUT2D eigenvalue weighted by Gasteiger charge is -2.10. The summed E-state index contributed by atoms with van der Waals surface area (Å²) < 4.78 is 12.8. The van der Waals surface area contributed by atoms with Gasteiger partial charge in [0.05, 0.1) is 5.56 Å². The summed E-state index contributed by atoms with van der Waals surface area (Å²) in [5.41, 5.74) is 6.39. The van der Waals surface area contributed by atoms with E-state index in [1.165, 1.54) is 10.8 Å². The lowest BCUT2D eigenvalue weighted by atomic mass is 10.00. The van der Waals surface area contributed by atoms with E-state index < -0.39 is 0 Å². The number of para-hydroxylation sites is 1. The van der Waals surface area contributed by atoms with E-state index in [-0.39, 0.29) is 0 Å². The zero-order valence-electron chi connectivity index (χ0n) is 25.5. The van der Waals surface area contributed by atoms with Gasteiger partial charge >= 0.3 is 0 Å². The van der Waals surface area contributed by atoms with Gasteiger partial charge in [-0.3, -0.25) is 0 Å². The number of nitrogens with zero attached hydrogens (tertiary/aromatic N) is 4. The van der Waals surface area contributed by atoms with Crippen molar-refractivity contribution < 1.29 is 8.83 Å². The highest BCUT2D eigenvalue weighted by Crippen LogP contribution is 2.38. The molecule has 10 aromatic rings. The van der Waals surface area contributed by atoms with Gasteiger partial charge in [0.1, 0.15) is 16.7 Å². The molecule has 224 valence electrons. The predicted molar refractivity (Wildman–Crippen MR) is 191 cm³/mol. The molecule has 0 aliphatic carbocycles. The van der Waals surface area contributed by atoms with Crippen molar-refractivity contribution in [3.05, 3.63) is 146 Å². The quantitative estimate of drug-likeness (QED) is 0.183. The van der Waals surface area contributed by atoms with Crippen LogP contribution in [0.25, 0.3) is 100 Å². The molecule has 0 aliphatic heterocycles. The summed E-state index contributed by atoms with van der Waals surface area (Å²) in [6.45, 7) is 0. The first-order chi connectivity index (χ1) is 23.7. The fraction of sp³-hybridized carbons (Fsp3) is 0. The van der Waals surface area contributed by atoms with Gasteiger partial charge in [0, 0.05) is 33.5 Å². The standard InChI is InChI=1S/C42H24N4O2/c1-3-11-27(12-4-1)39-44-40(29-21-20-26-19-18-25-10-7-8-15-30(25)33(26)22-29)46-41(45-39)32-17-9-16-31-34-23-37-35(24-36(34)47-38(31)32)43-42(48-37)28-13-5-2-6-14-28/h1-24H. The molecule has 0 amide bonds. The van der Waals surface area contributed by atoms with Gasteiger partial charge in [0.15, 0.2) is 23.1 Å². The number of oxazole rings is 1. The molecule has 0 aliphatic rings. The minimum Gasteiger partial charge on any atom is -0.455 e.